The van der Waals surface area contributed by atoms with Gasteiger partial charge in [-0.15, -0.1) is 0 Å². The van der Waals surface area contributed by atoms with Gasteiger partial charge >= 0.3 is 12.1 Å². The van der Waals surface area contributed by atoms with Gasteiger partial charge in [-0.1, -0.05) is 6.07 Å². The molecule has 4 saturated heterocycles. The summed E-state index contributed by atoms with van der Waals surface area (Å²) < 4.78 is 11.6. The number of oxazole rings is 1. The molecule has 2 bridgehead atoms. The predicted molar refractivity (Wildman–Crippen MR) is 85.5 cm³/mol. The molecular formula is C17H18N4O3. The molecule has 1 amide bonds. The maximum Gasteiger partial charge on any atom is 0.418 e. The van der Waals surface area contributed by atoms with Gasteiger partial charge in [-0.3, -0.25) is 9.88 Å². The van der Waals surface area contributed by atoms with E-state index < -0.39 is 5.60 Å². The fraction of sp³-hybridized carbons (Fsp3) is 0.471. The van der Waals surface area contributed by atoms with Gasteiger partial charge in [0.05, 0.1) is 12.7 Å². The topological polar surface area (TPSA) is 71.7 Å². The first-order valence-electron chi connectivity index (χ1n) is 8.34. The molecule has 124 valence electrons. The third-order valence-electron chi connectivity index (χ3n) is 5.40. The van der Waals surface area contributed by atoms with E-state index in [0.29, 0.717) is 23.9 Å². The van der Waals surface area contributed by atoms with Gasteiger partial charge in [0.1, 0.15) is 11.3 Å². The monoisotopic (exact) mass is 326 g/mol. The van der Waals surface area contributed by atoms with Crippen molar-refractivity contribution in [3.05, 3.63) is 30.6 Å². The van der Waals surface area contributed by atoms with Crippen LogP contribution in [0.5, 0.6) is 0 Å². The summed E-state index contributed by atoms with van der Waals surface area (Å²) in [6.07, 6.45) is 5.12. The second kappa shape index (κ2) is 5.04. The van der Waals surface area contributed by atoms with Crippen LogP contribution in [0, 0.1) is 5.92 Å². The highest BCUT2D eigenvalue weighted by Crippen LogP contribution is 2.43. The van der Waals surface area contributed by atoms with Crippen molar-refractivity contribution in [3.63, 3.8) is 0 Å². The van der Waals surface area contributed by atoms with Crippen LogP contribution in [-0.4, -0.2) is 52.7 Å². The first-order valence-corrected chi connectivity index (χ1v) is 8.34. The summed E-state index contributed by atoms with van der Waals surface area (Å²) in [6.45, 7) is 3.53. The van der Waals surface area contributed by atoms with Crippen LogP contribution in [0.1, 0.15) is 12.8 Å². The Kier molecular flexibility index (Phi) is 2.94. The van der Waals surface area contributed by atoms with E-state index in [9.17, 15) is 4.79 Å². The lowest BCUT2D eigenvalue weighted by Crippen LogP contribution is -2.61. The van der Waals surface area contributed by atoms with Gasteiger partial charge in [0.25, 0.3) is 0 Å². The molecule has 2 aromatic heterocycles. The zero-order chi connectivity index (χ0) is 16.1. The molecule has 6 heterocycles. The summed E-state index contributed by atoms with van der Waals surface area (Å²) in [6, 6.07) is 5.86. The number of anilines is 1. The quantitative estimate of drug-likeness (QED) is 0.842. The molecule has 0 N–H and O–H groups in total. The molecule has 1 atom stereocenters. The van der Waals surface area contributed by atoms with Crippen molar-refractivity contribution >= 4 is 12.1 Å². The number of piperidine rings is 3. The Labute approximate surface area is 139 Å². The molecule has 4 aliphatic heterocycles. The van der Waals surface area contributed by atoms with E-state index >= 15 is 0 Å². The van der Waals surface area contributed by atoms with Crippen molar-refractivity contribution in [3.8, 4) is 11.5 Å². The summed E-state index contributed by atoms with van der Waals surface area (Å²) in [4.78, 5) is 24.9. The minimum absolute atomic E-state index is 0.286. The molecule has 0 aromatic carbocycles. The molecule has 0 aliphatic carbocycles. The zero-order valence-electron chi connectivity index (χ0n) is 13.2. The van der Waals surface area contributed by atoms with Crippen molar-refractivity contribution in [1.29, 1.82) is 0 Å². The van der Waals surface area contributed by atoms with Crippen LogP contribution in [-0.2, 0) is 4.74 Å². The normalized spacial score (nSPS) is 31.7. The van der Waals surface area contributed by atoms with E-state index in [1.165, 1.54) is 4.90 Å². The van der Waals surface area contributed by atoms with Gasteiger partial charge in [-0.25, -0.2) is 14.7 Å². The van der Waals surface area contributed by atoms with Crippen LogP contribution in [0.3, 0.4) is 0 Å². The van der Waals surface area contributed by atoms with E-state index in [4.69, 9.17) is 9.15 Å². The maximum absolute atomic E-state index is 12.4. The molecule has 0 unspecified atom stereocenters. The number of hydrogen-bond acceptors (Lipinski definition) is 6. The third kappa shape index (κ3) is 2.04. The van der Waals surface area contributed by atoms with Crippen LogP contribution >= 0.6 is 0 Å². The summed E-state index contributed by atoms with van der Waals surface area (Å²) in [5.74, 6) is 0.981. The number of rotatable bonds is 2. The van der Waals surface area contributed by atoms with E-state index in [1.807, 2.05) is 18.2 Å². The Balaban J connectivity index is 1.42. The molecule has 7 heteroatoms. The Bertz CT molecular complexity index is 769. The van der Waals surface area contributed by atoms with E-state index in [1.54, 1.807) is 12.4 Å². The largest absolute Gasteiger partial charge is 0.439 e. The number of pyridine rings is 1. The van der Waals surface area contributed by atoms with Crippen molar-refractivity contribution < 1.29 is 13.9 Å². The highest BCUT2D eigenvalue weighted by molar-refractivity contribution is 5.88. The number of nitrogens with zero attached hydrogens (tertiary/aromatic N) is 4. The van der Waals surface area contributed by atoms with Crippen LogP contribution in [0.4, 0.5) is 10.8 Å². The second-order valence-corrected chi connectivity index (χ2v) is 6.79. The average molecular weight is 326 g/mol. The van der Waals surface area contributed by atoms with E-state index in [0.717, 1.165) is 32.5 Å². The minimum atomic E-state index is -0.410. The van der Waals surface area contributed by atoms with Crippen LogP contribution < -0.4 is 4.90 Å². The molecular weight excluding hydrogens is 308 g/mol. The van der Waals surface area contributed by atoms with Gasteiger partial charge in [-0.05, 0) is 38.1 Å². The Morgan fingerprint density at radius 1 is 1.17 bits per heavy atom. The molecule has 7 nitrogen and oxygen atoms in total. The summed E-state index contributed by atoms with van der Waals surface area (Å²) in [5, 5.41) is 0. The highest BCUT2D eigenvalue weighted by atomic mass is 16.6. The minimum Gasteiger partial charge on any atom is -0.439 e. The van der Waals surface area contributed by atoms with Gasteiger partial charge in [0, 0.05) is 18.7 Å². The van der Waals surface area contributed by atoms with Gasteiger partial charge < -0.3 is 9.15 Å². The molecule has 1 spiro atoms. The number of amides is 1. The molecule has 6 rings (SSSR count). The summed E-state index contributed by atoms with van der Waals surface area (Å²) in [5.41, 5.74) is 0.286. The van der Waals surface area contributed by atoms with Crippen molar-refractivity contribution in [1.82, 2.24) is 14.9 Å². The number of ether oxygens (including phenoxy) is 1. The second-order valence-electron chi connectivity index (χ2n) is 6.79. The predicted octanol–water partition coefficient (Wildman–Crippen LogP) is 2.16. The van der Waals surface area contributed by atoms with Crippen molar-refractivity contribution in [2.24, 2.45) is 5.92 Å². The van der Waals surface area contributed by atoms with Gasteiger partial charge in [-0.2, -0.15) is 0 Å². The van der Waals surface area contributed by atoms with Gasteiger partial charge in [0.2, 0.25) is 0 Å². The smallest absolute Gasteiger partial charge is 0.418 e. The third-order valence-corrected chi connectivity index (χ3v) is 5.40. The summed E-state index contributed by atoms with van der Waals surface area (Å²) >= 11 is 0. The number of fused-ring (bicyclic) bond motifs is 2. The summed E-state index contributed by atoms with van der Waals surface area (Å²) in [7, 11) is 0. The van der Waals surface area contributed by atoms with Gasteiger partial charge in [0.15, 0.2) is 5.76 Å². The molecule has 0 radical (unpaired) electrons. The molecule has 4 fully saturated rings. The first-order chi connectivity index (χ1) is 11.7. The number of aromatic nitrogens is 2. The SMILES string of the molecule is O=C1O[C@@]2(CN3CCC2CC3)CN1c1ncc(-c2ccccn2)o1. The Morgan fingerprint density at radius 3 is 2.75 bits per heavy atom. The van der Waals surface area contributed by atoms with Crippen molar-refractivity contribution in [2.45, 2.75) is 18.4 Å². The zero-order valence-corrected chi connectivity index (χ0v) is 13.2. The lowest BCUT2D eigenvalue weighted by Gasteiger charge is -2.49. The maximum atomic E-state index is 12.4. The molecule has 4 aliphatic rings. The number of carbonyl (C=O) groups is 1. The van der Waals surface area contributed by atoms with Crippen LogP contribution in [0.2, 0.25) is 0 Å². The highest BCUT2D eigenvalue weighted by Gasteiger charge is 2.56. The van der Waals surface area contributed by atoms with Crippen LogP contribution in [0.15, 0.2) is 35.0 Å². The average Bonchev–Trinajstić information content (AvgIpc) is 3.22. The fourth-order valence-corrected chi connectivity index (χ4v) is 4.18. The molecule has 0 saturated carbocycles. The lowest BCUT2D eigenvalue weighted by molar-refractivity contribution is -0.0881. The standard InChI is InChI=1S/C17H18N4O3/c22-16-21(11-17(24-16)10-20-7-4-12(17)5-8-20)15-19-9-14(23-15)13-3-1-2-6-18-13/h1-3,6,9,12H,4-5,7-8,10-11H2/t17-/m0/s1. The molecule has 2 aromatic rings. The van der Waals surface area contributed by atoms with Crippen LogP contribution in [0.25, 0.3) is 11.5 Å². The Morgan fingerprint density at radius 2 is 2.04 bits per heavy atom. The van der Waals surface area contributed by atoms with E-state index in [-0.39, 0.29) is 12.1 Å². The van der Waals surface area contributed by atoms with Crippen molar-refractivity contribution in [2.75, 3.05) is 31.1 Å². The lowest BCUT2D eigenvalue weighted by atomic mass is 9.75. The first kappa shape index (κ1) is 14.0. The molecule has 24 heavy (non-hydrogen) atoms. The Hall–Kier alpha value is -2.41. The fourth-order valence-electron chi connectivity index (χ4n) is 4.18. The number of hydrogen-bond donors (Lipinski definition) is 0. The number of carbonyl (C=O) groups excluding carboxylic acids is 1. The van der Waals surface area contributed by atoms with E-state index in [2.05, 4.69) is 14.9 Å².